The van der Waals surface area contributed by atoms with Crippen molar-refractivity contribution in [3.8, 4) is 0 Å². The van der Waals surface area contributed by atoms with Crippen molar-refractivity contribution in [3.63, 3.8) is 0 Å². The first-order valence-corrected chi connectivity index (χ1v) is 23.4. The highest BCUT2D eigenvalue weighted by Crippen LogP contribution is 2.16. The zero-order valence-corrected chi connectivity index (χ0v) is 36.0. The molecule has 0 aromatic rings. The van der Waals surface area contributed by atoms with Crippen molar-refractivity contribution >= 4 is 17.9 Å². The molecule has 0 N–H and O–H groups in total. The van der Waals surface area contributed by atoms with Gasteiger partial charge in [0, 0.05) is 19.3 Å². The van der Waals surface area contributed by atoms with Gasteiger partial charge in [0.1, 0.15) is 13.2 Å². The van der Waals surface area contributed by atoms with Crippen molar-refractivity contribution < 1.29 is 28.6 Å². The number of carbonyl (C=O) groups excluding carboxylic acids is 3. The van der Waals surface area contributed by atoms with Gasteiger partial charge in [-0.25, -0.2) is 0 Å². The summed E-state index contributed by atoms with van der Waals surface area (Å²) in [5.74, 6) is -0.0594. The standard InChI is InChI=1S/C47H90O6/c1-5-7-9-11-13-15-16-17-18-19-20-22-28-32-36-40-47(50)53-44(41-51-45(48)38-34-30-26-21-14-12-10-8-6-2)42-52-46(49)39-35-31-27-24-23-25-29-33-37-43(3)4/h43-44H,5-42H2,1-4H3/t44-/m0/s1. The zero-order chi connectivity index (χ0) is 38.9. The molecule has 0 saturated carbocycles. The van der Waals surface area contributed by atoms with Crippen molar-refractivity contribution in [2.45, 2.75) is 265 Å². The molecule has 0 aliphatic rings. The summed E-state index contributed by atoms with van der Waals surface area (Å²) in [6.07, 6.45) is 40.9. The van der Waals surface area contributed by atoms with Gasteiger partial charge in [0.05, 0.1) is 0 Å². The summed E-state index contributed by atoms with van der Waals surface area (Å²) >= 11 is 0. The topological polar surface area (TPSA) is 78.9 Å². The normalized spacial score (nSPS) is 11.9. The van der Waals surface area contributed by atoms with E-state index >= 15 is 0 Å². The minimum atomic E-state index is -0.759. The van der Waals surface area contributed by atoms with Gasteiger partial charge in [-0.15, -0.1) is 0 Å². The molecule has 0 heterocycles. The molecule has 6 heteroatoms. The molecule has 0 aromatic heterocycles. The maximum absolute atomic E-state index is 12.7. The molecular formula is C47H90O6. The Labute approximate surface area is 329 Å². The number of hydrogen-bond donors (Lipinski definition) is 0. The highest BCUT2D eigenvalue weighted by molar-refractivity contribution is 5.71. The molecule has 0 aliphatic carbocycles. The first-order valence-electron chi connectivity index (χ1n) is 23.4. The van der Waals surface area contributed by atoms with Crippen LogP contribution in [0.15, 0.2) is 0 Å². The molecule has 0 saturated heterocycles. The van der Waals surface area contributed by atoms with Crippen LogP contribution in [-0.2, 0) is 28.6 Å². The first kappa shape index (κ1) is 51.4. The highest BCUT2D eigenvalue weighted by atomic mass is 16.6. The van der Waals surface area contributed by atoms with Crippen LogP contribution in [0.25, 0.3) is 0 Å². The molecular weight excluding hydrogens is 661 g/mol. The third kappa shape index (κ3) is 41.4. The molecule has 0 bridgehead atoms. The van der Waals surface area contributed by atoms with E-state index in [4.69, 9.17) is 14.2 Å². The number of hydrogen-bond acceptors (Lipinski definition) is 6. The molecule has 1 atom stereocenters. The highest BCUT2D eigenvalue weighted by Gasteiger charge is 2.19. The van der Waals surface area contributed by atoms with Gasteiger partial charge in [-0.3, -0.25) is 14.4 Å². The molecule has 0 unspecified atom stereocenters. The second-order valence-electron chi connectivity index (χ2n) is 16.5. The maximum atomic E-state index is 12.7. The van der Waals surface area contributed by atoms with E-state index in [1.165, 1.54) is 154 Å². The first-order chi connectivity index (χ1) is 25.9. The molecule has 0 aromatic carbocycles. The Morgan fingerprint density at radius 2 is 0.623 bits per heavy atom. The van der Waals surface area contributed by atoms with Gasteiger partial charge in [0.2, 0.25) is 0 Å². The predicted molar refractivity (Wildman–Crippen MR) is 224 cm³/mol. The summed E-state index contributed by atoms with van der Waals surface area (Å²) in [7, 11) is 0. The van der Waals surface area contributed by atoms with Gasteiger partial charge in [-0.05, 0) is 25.2 Å². The summed E-state index contributed by atoms with van der Waals surface area (Å²) < 4.78 is 16.7. The van der Waals surface area contributed by atoms with Crippen molar-refractivity contribution in [3.05, 3.63) is 0 Å². The fraction of sp³-hybridized carbons (Fsp3) is 0.936. The summed E-state index contributed by atoms with van der Waals surface area (Å²) in [6.45, 7) is 8.95. The van der Waals surface area contributed by atoms with Crippen LogP contribution in [0.2, 0.25) is 0 Å². The Morgan fingerprint density at radius 3 is 0.925 bits per heavy atom. The van der Waals surface area contributed by atoms with E-state index in [0.29, 0.717) is 19.3 Å². The van der Waals surface area contributed by atoms with Crippen LogP contribution in [0.4, 0.5) is 0 Å². The van der Waals surface area contributed by atoms with Crippen LogP contribution in [0.1, 0.15) is 259 Å². The van der Waals surface area contributed by atoms with Crippen LogP contribution in [0.5, 0.6) is 0 Å². The minimum absolute atomic E-state index is 0.0642. The van der Waals surface area contributed by atoms with E-state index in [1.807, 2.05) is 0 Å². The van der Waals surface area contributed by atoms with E-state index in [9.17, 15) is 14.4 Å². The summed E-state index contributed by atoms with van der Waals surface area (Å²) in [4.78, 5) is 37.7. The SMILES string of the molecule is CCCCCCCCCCCCCCCCCC(=O)O[C@@H](COC(=O)CCCCCCCCCCC)COC(=O)CCCCCCCCCCC(C)C. The quantitative estimate of drug-likeness (QED) is 0.0351. The second-order valence-corrected chi connectivity index (χ2v) is 16.5. The van der Waals surface area contributed by atoms with Gasteiger partial charge >= 0.3 is 17.9 Å². The third-order valence-corrected chi connectivity index (χ3v) is 10.5. The average molecular weight is 751 g/mol. The second kappa shape index (κ2) is 41.6. The van der Waals surface area contributed by atoms with Gasteiger partial charge in [0.15, 0.2) is 6.10 Å². The molecule has 0 aliphatic heterocycles. The van der Waals surface area contributed by atoms with Crippen molar-refractivity contribution in [1.29, 1.82) is 0 Å². The summed E-state index contributed by atoms with van der Waals surface area (Å²) in [6, 6.07) is 0. The van der Waals surface area contributed by atoms with Crippen molar-refractivity contribution in [1.82, 2.24) is 0 Å². The van der Waals surface area contributed by atoms with E-state index in [2.05, 4.69) is 27.7 Å². The van der Waals surface area contributed by atoms with Crippen molar-refractivity contribution in [2.24, 2.45) is 5.92 Å². The Kier molecular flexibility index (Phi) is 40.3. The summed E-state index contributed by atoms with van der Waals surface area (Å²) in [5.41, 5.74) is 0. The number of esters is 3. The lowest BCUT2D eigenvalue weighted by Gasteiger charge is -2.18. The molecule has 0 radical (unpaired) electrons. The number of rotatable bonds is 42. The zero-order valence-electron chi connectivity index (χ0n) is 36.0. The van der Waals surface area contributed by atoms with Gasteiger partial charge in [0.25, 0.3) is 0 Å². The van der Waals surface area contributed by atoms with E-state index in [0.717, 1.165) is 63.7 Å². The smallest absolute Gasteiger partial charge is 0.306 e. The lowest BCUT2D eigenvalue weighted by molar-refractivity contribution is -0.167. The fourth-order valence-electron chi connectivity index (χ4n) is 6.98. The maximum Gasteiger partial charge on any atom is 0.306 e. The predicted octanol–water partition coefficient (Wildman–Crippen LogP) is 14.7. The Hall–Kier alpha value is -1.59. The Morgan fingerprint density at radius 1 is 0.358 bits per heavy atom. The van der Waals surface area contributed by atoms with Gasteiger partial charge in [-0.2, -0.15) is 0 Å². The van der Waals surface area contributed by atoms with Crippen LogP contribution >= 0.6 is 0 Å². The molecule has 6 nitrogen and oxygen atoms in total. The van der Waals surface area contributed by atoms with Crippen LogP contribution < -0.4 is 0 Å². The molecule has 53 heavy (non-hydrogen) atoms. The van der Waals surface area contributed by atoms with E-state index in [-0.39, 0.29) is 31.1 Å². The number of unbranched alkanes of at least 4 members (excludes halogenated alkanes) is 29. The van der Waals surface area contributed by atoms with Gasteiger partial charge in [-0.1, -0.05) is 220 Å². The molecule has 314 valence electrons. The lowest BCUT2D eigenvalue weighted by atomic mass is 10.0. The number of carbonyl (C=O) groups is 3. The largest absolute Gasteiger partial charge is 0.462 e. The van der Waals surface area contributed by atoms with Crippen LogP contribution in [0.3, 0.4) is 0 Å². The van der Waals surface area contributed by atoms with E-state index < -0.39 is 6.10 Å². The Bertz CT molecular complexity index is 796. The van der Waals surface area contributed by atoms with Crippen molar-refractivity contribution in [2.75, 3.05) is 13.2 Å². The molecule has 0 spiro atoms. The third-order valence-electron chi connectivity index (χ3n) is 10.5. The fourth-order valence-corrected chi connectivity index (χ4v) is 6.98. The lowest BCUT2D eigenvalue weighted by Crippen LogP contribution is -2.30. The molecule has 0 rings (SSSR count). The van der Waals surface area contributed by atoms with Crippen LogP contribution in [-0.4, -0.2) is 37.2 Å². The van der Waals surface area contributed by atoms with E-state index in [1.54, 1.807) is 0 Å². The van der Waals surface area contributed by atoms with Crippen LogP contribution in [0, 0.1) is 5.92 Å². The summed E-state index contributed by atoms with van der Waals surface area (Å²) in [5, 5.41) is 0. The monoisotopic (exact) mass is 751 g/mol. The minimum Gasteiger partial charge on any atom is -0.462 e. The molecule has 0 amide bonds. The average Bonchev–Trinajstić information content (AvgIpc) is 3.14. The Balaban J connectivity index is 4.30. The van der Waals surface area contributed by atoms with Gasteiger partial charge < -0.3 is 14.2 Å². The molecule has 0 fully saturated rings. The number of ether oxygens (including phenoxy) is 3.